The van der Waals surface area contributed by atoms with Crippen molar-refractivity contribution in [3.05, 3.63) is 47.8 Å². The maximum Gasteiger partial charge on any atom is 0.265 e. The third-order valence-electron chi connectivity index (χ3n) is 4.77. The lowest BCUT2D eigenvalue weighted by molar-refractivity contribution is 0.0694. The van der Waals surface area contributed by atoms with E-state index >= 15 is 0 Å². The molecule has 0 bridgehead atoms. The van der Waals surface area contributed by atoms with Crippen molar-refractivity contribution < 1.29 is 4.79 Å². The molecule has 0 saturated carbocycles. The molecular formula is C18H20N6OS. The Kier molecular flexibility index (Phi) is 4.75. The molecule has 0 N–H and O–H groups in total. The van der Waals surface area contributed by atoms with Crippen molar-refractivity contribution in [3.63, 3.8) is 0 Å². The van der Waals surface area contributed by atoms with Crippen molar-refractivity contribution in [2.24, 2.45) is 13.0 Å². The topological polar surface area (TPSA) is 76.8 Å². The molecule has 1 saturated heterocycles. The number of imidazole rings is 1. The summed E-state index contributed by atoms with van der Waals surface area (Å²) in [6.45, 7) is 1.56. The van der Waals surface area contributed by atoms with Gasteiger partial charge in [0.15, 0.2) is 10.8 Å². The first-order chi connectivity index (χ1) is 12.7. The average molecular weight is 368 g/mol. The van der Waals surface area contributed by atoms with Crippen molar-refractivity contribution in [1.29, 1.82) is 0 Å². The molecule has 7 nitrogen and oxygen atoms in total. The number of likely N-dealkylation sites (tertiary alicyclic amines) is 1. The fourth-order valence-electron chi connectivity index (χ4n) is 3.23. The Labute approximate surface area is 155 Å². The monoisotopic (exact) mass is 368 g/mol. The Balaban J connectivity index is 1.37. The van der Waals surface area contributed by atoms with Crippen molar-refractivity contribution in [2.45, 2.75) is 19.3 Å². The molecule has 4 heterocycles. The van der Waals surface area contributed by atoms with E-state index in [0.717, 1.165) is 38.2 Å². The van der Waals surface area contributed by atoms with Crippen LogP contribution in [0.5, 0.6) is 0 Å². The number of hydrogen-bond donors (Lipinski definition) is 0. The number of hydrogen-bond acceptors (Lipinski definition) is 6. The first kappa shape index (κ1) is 16.8. The van der Waals surface area contributed by atoms with Crippen LogP contribution in [0.15, 0.2) is 37.1 Å². The molecule has 0 aliphatic carbocycles. The largest absolute Gasteiger partial charge is 0.338 e. The van der Waals surface area contributed by atoms with Gasteiger partial charge in [0.05, 0.1) is 6.20 Å². The Morgan fingerprint density at radius 1 is 1.15 bits per heavy atom. The average Bonchev–Trinajstić information content (AvgIpc) is 3.32. The number of aryl methyl sites for hydroxylation is 1. The molecule has 1 fully saturated rings. The van der Waals surface area contributed by atoms with E-state index in [1.165, 1.54) is 11.3 Å². The third kappa shape index (κ3) is 3.50. The van der Waals surface area contributed by atoms with Gasteiger partial charge in [-0.25, -0.2) is 19.9 Å². The number of carbonyl (C=O) groups is 1. The minimum absolute atomic E-state index is 0.0557. The van der Waals surface area contributed by atoms with E-state index in [4.69, 9.17) is 0 Å². The van der Waals surface area contributed by atoms with Gasteiger partial charge in [-0.05, 0) is 24.8 Å². The maximum absolute atomic E-state index is 12.8. The minimum atomic E-state index is 0.0557. The lowest BCUT2D eigenvalue weighted by Gasteiger charge is -2.31. The van der Waals surface area contributed by atoms with Gasteiger partial charge in [-0.15, -0.1) is 11.3 Å². The molecule has 0 atom stereocenters. The highest BCUT2D eigenvalue weighted by atomic mass is 32.1. The molecule has 0 unspecified atom stereocenters. The van der Waals surface area contributed by atoms with E-state index in [9.17, 15) is 4.79 Å². The molecule has 1 aliphatic heterocycles. The number of thiazole rings is 1. The zero-order valence-electron chi connectivity index (χ0n) is 14.6. The van der Waals surface area contributed by atoms with Crippen LogP contribution in [0.25, 0.3) is 10.8 Å². The van der Waals surface area contributed by atoms with Gasteiger partial charge in [-0.3, -0.25) is 4.79 Å². The van der Waals surface area contributed by atoms with Crippen molar-refractivity contribution in [3.8, 4) is 10.8 Å². The second-order valence-corrected chi connectivity index (χ2v) is 7.53. The zero-order valence-corrected chi connectivity index (χ0v) is 15.4. The number of nitrogens with zero attached hydrogens (tertiary/aromatic N) is 6. The number of amides is 1. The van der Waals surface area contributed by atoms with Gasteiger partial charge >= 0.3 is 0 Å². The number of piperidine rings is 1. The van der Waals surface area contributed by atoms with Gasteiger partial charge in [-0.2, -0.15) is 0 Å². The third-order valence-corrected chi connectivity index (χ3v) is 5.75. The minimum Gasteiger partial charge on any atom is -0.338 e. The number of carbonyl (C=O) groups excluding carboxylic acids is 1. The predicted octanol–water partition coefficient (Wildman–Crippen LogP) is 2.43. The number of aromatic nitrogens is 5. The standard InChI is InChI=1S/C18H20N6OS/c1-23-10-7-19-15(23)11-13-3-8-24(9-4-13)18(25)14-12-22-17(26-14)16-20-5-2-6-21-16/h2,5-7,10,12-13H,3-4,8-9,11H2,1H3. The quantitative estimate of drug-likeness (QED) is 0.707. The summed E-state index contributed by atoms with van der Waals surface area (Å²) < 4.78 is 2.07. The fraction of sp³-hybridized carbons (Fsp3) is 0.389. The first-order valence-corrected chi connectivity index (χ1v) is 9.51. The van der Waals surface area contributed by atoms with Crippen molar-refractivity contribution >= 4 is 17.2 Å². The van der Waals surface area contributed by atoms with Gasteiger partial charge in [-0.1, -0.05) is 0 Å². The van der Waals surface area contributed by atoms with E-state index < -0.39 is 0 Å². The summed E-state index contributed by atoms with van der Waals surface area (Å²) in [5.41, 5.74) is 0. The Morgan fingerprint density at radius 2 is 1.92 bits per heavy atom. The van der Waals surface area contributed by atoms with E-state index in [1.807, 2.05) is 24.3 Å². The van der Waals surface area contributed by atoms with E-state index in [2.05, 4.69) is 24.5 Å². The van der Waals surface area contributed by atoms with Gasteiger partial charge in [0, 0.05) is 51.3 Å². The Hall–Kier alpha value is -2.61. The smallest absolute Gasteiger partial charge is 0.265 e. The van der Waals surface area contributed by atoms with Crippen LogP contribution in [0.1, 0.15) is 28.3 Å². The van der Waals surface area contributed by atoms with Crippen molar-refractivity contribution in [1.82, 2.24) is 29.4 Å². The summed E-state index contributed by atoms with van der Waals surface area (Å²) in [6, 6.07) is 1.76. The molecule has 1 amide bonds. The van der Waals surface area contributed by atoms with Crippen LogP contribution in [0, 0.1) is 5.92 Å². The Morgan fingerprint density at radius 3 is 2.62 bits per heavy atom. The fourth-order valence-corrected chi connectivity index (χ4v) is 4.07. The van der Waals surface area contributed by atoms with Crippen LogP contribution in [0.2, 0.25) is 0 Å². The highest BCUT2D eigenvalue weighted by Gasteiger charge is 2.26. The van der Waals surface area contributed by atoms with Crippen LogP contribution >= 0.6 is 11.3 Å². The van der Waals surface area contributed by atoms with Gasteiger partial charge in [0.1, 0.15) is 10.7 Å². The second kappa shape index (κ2) is 7.33. The molecule has 8 heteroatoms. The molecular weight excluding hydrogens is 348 g/mol. The van der Waals surface area contributed by atoms with E-state index in [-0.39, 0.29) is 5.91 Å². The summed E-state index contributed by atoms with van der Waals surface area (Å²) in [4.78, 5) is 32.4. The second-order valence-electron chi connectivity index (χ2n) is 6.50. The molecule has 26 heavy (non-hydrogen) atoms. The molecule has 0 radical (unpaired) electrons. The van der Waals surface area contributed by atoms with Crippen LogP contribution in [0.4, 0.5) is 0 Å². The van der Waals surface area contributed by atoms with Gasteiger partial charge < -0.3 is 9.47 Å². The van der Waals surface area contributed by atoms with Gasteiger partial charge in [0.25, 0.3) is 5.91 Å². The van der Waals surface area contributed by atoms with E-state index in [0.29, 0.717) is 21.6 Å². The summed E-state index contributed by atoms with van der Waals surface area (Å²) in [5.74, 6) is 2.31. The maximum atomic E-state index is 12.8. The zero-order chi connectivity index (χ0) is 17.9. The summed E-state index contributed by atoms with van der Waals surface area (Å²) in [6.07, 6.45) is 11.8. The number of rotatable bonds is 4. The summed E-state index contributed by atoms with van der Waals surface area (Å²) >= 11 is 1.35. The van der Waals surface area contributed by atoms with Crippen LogP contribution in [-0.4, -0.2) is 48.4 Å². The van der Waals surface area contributed by atoms with Crippen molar-refractivity contribution in [2.75, 3.05) is 13.1 Å². The first-order valence-electron chi connectivity index (χ1n) is 8.69. The van der Waals surface area contributed by atoms with Crippen LogP contribution < -0.4 is 0 Å². The SMILES string of the molecule is Cn1ccnc1CC1CCN(C(=O)c2cnc(-c3ncccn3)s2)CC1. The van der Waals surface area contributed by atoms with E-state index in [1.54, 1.807) is 24.7 Å². The highest BCUT2D eigenvalue weighted by Crippen LogP contribution is 2.26. The molecule has 4 rings (SSSR count). The normalized spacial score (nSPS) is 15.3. The molecule has 134 valence electrons. The van der Waals surface area contributed by atoms with Crippen LogP contribution in [0.3, 0.4) is 0 Å². The molecule has 3 aromatic rings. The van der Waals surface area contributed by atoms with Gasteiger partial charge in [0.2, 0.25) is 0 Å². The van der Waals surface area contributed by atoms with Crippen LogP contribution in [-0.2, 0) is 13.5 Å². The molecule has 0 aromatic carbocycles. The summed E-state index contributed by atoms with van der Waals surface area (Å²) in [7, 11) is 2.03. The lowest BCUT2D eigenvalue weighted by atomic mass is 9.93. The molecule has 1 aliphatic rings. The Bertz CT molecular complexity index is 882. The lowest BCUT2D eigenvalue weighted by Crippen LogP contribution is -2.38. The molecule has 3 aromatic heterocycles. The predicted molar refractivity (Wildman–Crippen MR) is 98.7 cm³/mol. The summed E-state index contributed by atoms with van der Waals surface area (Å²) in [5, 5.41) is 0.679. The highest BCUT2D eigenvalue weighted by molar-refractivity contribution is 7.16. The molecule has 0 spiro atoms.